The molecule has 5 heteroatoms. The van der Waals surface area contributed by atoms with Crippen molar-refractivity contribution in [3.63, 3.8) is 0 Å². The first kappa shape index (κ1) is 32.6. The quantitative estimate of drug-likeness (QED) is 0.176. The molecule has 12 rings (SSSR count). The molecule has 58 heavy (non-hydrogen) atoms. The van der Waals surface area contributed by atoms with Gasteiger partial charge in [-0.05, 0) is 62.5 Å². The third-order valence-electron chi connectivity index (χ3n) is 11.7. The highest BCUT2D eigenvalue weighted by molar-refractivity contribution is 6.17. The predicted octanol–water partition coefficient (Wildman–Crippen LogP) is 13.2. The van der Waals surface area contributed by atoms with Gasteiger partial charge in [-0.1, -0.05) is 164 Å². The lowest BCUT2D eigenvalue weighted by Gasteiger charge is -2.19. The highest BCUT2D eigenvalue weighted by Gasteiger charge is 2.34. The number of ether oxygens (including phenoxy) is 1. The van der Waals surface area contributed by atoms with Crippen LogP contribution in [0.5, 0.6) is 5.75 Å². The van der Waals surface area contributed by atoms with Gasteiger partial charge in [0, 0.05) is 44.5 Å². The van der Waals surface area contributed by atoms with E-state index in [0.717, 1.165) is 77.4 Å². The summed E-state index contributed by atoms with van der Waals surface area (Å²) in [4.78, 5) is 15.7. The van der Waals surface area contributed by atoms with E-state index in [1.165, 1.54) is 16.3 Å². The fourth-order valence-electron chi connectivity index (χ4n) is 8.94. The largest absolute Gasteiger partial charge is 0.485 e. The van der Waals surface area contributed by atoms with Gasteiger partial charge in [0.2, 0.25) is 0 Å². The number of para-hydroxylation sites is 2. The average Bonchev–Trinajstić information content (AvgIpc) is 3.87. The zero-order valence-corrected chi connectivity index (χ0v) is 31.2. The first-order chi connectivity index (χ1) is 28.7. The highest BCUT2D eigenvalue weighted by Crippen LogP contribution is 2.45. The molecule has 2 aromatic heterocycles. The molecule has 272 valence electrons. The number of allylic oxidation sites excluding steroid dienone is 2. The van der Waals surface area contributed by atoms with Gasteiger partial charge in [0.1, 0.15) is 23.0 Å². The molecule has 2 unspecified atom stereocenters. The molecule has 5 nitrogen and oxygen atoms in total. The Morgan fingerprint density at radius 1 is 0.466 bits per heavy atom. The first-order valence-corrected chi connectivity index (χ1v) is 19.7. The highest BCUT2D eigenvalue weighted by atomic mass is 16.5. The second-order valence-corrected chi connectivity index (χ2v) is 15.0. The lowest BCUT2D eigenvalue weighted by molar-refractivity contribution is 0.269. The fraction of sp³-hybridized carbons (Fsp3) is 0.0377. The molecule has 1 aliphatic heterocycles. The van der Waals surface area contributed by atoms with Crippen molar-refractivity contribution in [2.45, 2.75) is 12.0 Å². The molecule has 1 aliphatic carbocycles. The van der Waals surface area contributed by atoms with E-state index in [1.54, 1.807) is 0 Å². The molecular formula is C53H33N3O2. The third-order valence-corrected chi connectivity index (χ3v) is 11.7. The number of furan rings is 1. The van der Waals surface area contributed by atoms with Gasteiger partial charge >= 0.3 is 0 Å². The summed E-state index contributed by atoms with van der Waals surface area (Å²) in [5.74, 6) is 2.88. The molecule has 0 N–H and O–H groups in total. The van der Waals surface area contributed by atoms with E-state index in [1.807, 2.05) is 12.1 Å². The van der Waals surface area contributed by atoms with Crippen LogP contribution < -0.4 is 4.74 Å². The van der Waals surface area contributed by atoms with E-state index in [4.69, 9.17) is 24.1 Å². The van der Waals surface area contributed by atoms with Crippen molar-refractivity contribution in [2.75, 3.05) is 0 Å². The second-order valence-electron chi connectivity index (χ2n) is 15.0. The Balaban J connectivity index is 1.04. The van der Waals surface area contributed by atoms with Crippen LogP contribution in [0, 0.1) is 0 Å². The minimum absolute atomic E-state index is 0.139. The minimum atomic E-state index is -0.139. The Bertz CT molecular complexity index is 3350. The van der Waals surface area contributed by atoms with Crippen LogP contribution in [0.4, 0.5) is 0 Å². The van der Waals surface area contributed by atoms with E-state index in [2.05, 4.69) is 176 Å². The first-order valence-electron chi connectivity index (χ1n) is 19.7. The molecular weight excluding hydrogens is 711 g/mol. The molecule has 10 aromatic rings. The van der Waals surface area contributed by atoms with Crippen molar-refractivity contribution in [1.29, 1.82) is 0 Å². The number of hydrogen-bond acceptors (Lipinski definition) is 5. The maximum Gasteiger partial charge on any atom is 0.164 e. The SMILES string of the molecule is C1=CC2c3ccccc3OC2C=C1c1nc(-c2ccc3ccccc3c2)nc(-c2ccccc2-c2cccc3oc4c(-c5cccc6ccccc56)cccc4c23)n1. The van der Waals surface area contributed by atoms with Gasteiger partial charge in [-0.15, -0.1) is 0 Å². The fourth-order valence-corrected chi connectivity index (χ4v) is 8.94. The van der Waals surface area contributed by atoms with Crippen LogP contribution in [0.25, 0.3) is 94.1 Å². The maximum absolute atomic E-state index is 6.79. The van der Waals surface area contributed by atoms with Crippen LogP contribution in [0.15, 0.2) is 193 Å². The molecule has 0 amide bonds. The number of hydrogen-bond donors (Lipinski definition) is 0. The summed E-state index contributed by atoms with van der Waals surface area (Å²) in [6.07, 6.45) is 6.37. The topological polar surface area (TPSA) is 61.0 Å². The summed E-state index contributed by atoms with van der Waals surface area (Å²) in [6, 6.07) is 59.2. The van der Waals surface area contributed by atoms with Gasteiger partial charge in [0.25, 0.3) is 0 Å². The monoisotopic (exact) mass is 743 g/mol. The Morgan fingerprint density at radius 2 is 1.14 bits per heavy atom. The molecule has 8 aromatic carbocycles. The van der Waals surface area contributed by atoms with Crippen molar-refractivity contribution >= 4 is 49.1 Å². The lowest BCUT2D eigenvalue weighted by Crippen LogP contribution is -2.18. The van der Waals surface area contributed by atoms with Crippen LogP contribution in [0.1, 0.15) is 17.3 Å². The van der Waals surface area contributed by atoms with Crippen LogP contribution >= 0.6 is 0 Å². The molecule has 3 heterocycles. The van der Waals surface area contributed by atoms with Gasteiger partial charge in [-0.3, -0.25) is 0 Å². The van der Waals surface area contributed by atoms with Gasteiger partial charge < -0.3 is 9.15 Å². The summed E-state index contributed by atoms with van der Waals surface area (Å²) in [6.45, 7) is 0. The Morgan fingerprint density at radius 3 is 2.09 bits per heavy atom. The molecule has 2 aliphatic rings. The van der Waals surface area contributed by atoms with E-state index in [9.17, 15) is 0 Å². The standard InChI is InChI=1S/C53H33N3O2/c1-2-14-34-30-35(27-26-32(34)12-1)51-54-52(36-28-29-41-40-18-7-8-24-46(40)57-48(41)31-36)56-53(55-51)44-19-6-5-17-39(44)42-21-11-25-47-49(42)45-23-10-22-43(50(45)58-47)38-20-9-15-33-13-3-4-16-37(33)38/h1-31,41,48H. The van der Waals surface area contributed by atoms with Crippen molar-refractivity contribution in [2.24, 2.45) is 0 Å². The van der Waals surface area contributed by atoms with Gasteiger partial charge in [0.15, 0.2) is 17.5 Å². The Kier molecular flexibility index (Phi) is 7.29. The van der Waals surface area contributed by atoms with Crippen LogP contribution in [-0.4, -0.2) is 21.1 Å². The summed E-state index contributed by atoms with van der Waals surface area (Å²) in [7, 11) is 0. The zero-order chi connectivity index (χ0) is 38.2. The van der Waals surface area contributed by atoms with Gasteiger partial charge in [0.05, 0.1) is 0 Å². The predicted molar refractivity (Wildman–Crippen MR) is 235 cm³/mol. The summed E-state index contributed by atoms with van der Waals surface area (Å²) in [5, 5.41) is 6.79. The number of rotatable bonds is 5. The third kappa shape index (κ3) is 5.21. The van der Waals surface area contributed by atoms with Gasteiger partial charge in [-0.2, -0.15) is 0 Å². The summed E-state index contributed by atoms with van der Waals surface area (Å²) < 4.78 is 13.2. The van der Waals surface area contributed by atoms with Crippen LogP contribution in [-0.2, 0) is 0 Å². The number of nitrogens with zero attached hydrogens (tertiary/aromatic N) is 3. The van der Waals surface area contributed by atoms with E-state index >= 15 is 0 Å². The van der Waals surface area contributed by atoms with Crippen molar-refractivity contribution in [3.05, 3.63) is 199 Å². The molecule has 0 bridgehead atoms. The Hall–Kier alpha value is -7.63. The number of benzene rings is 8. The van der Waals surface area contributed by atoms with Crippen molar-refractivity contribution in [1.82, 2.24) is 15.0 Å². The van der Waals surface area contributed by atoms with Gasteiger partial charge in [-0.25, -0.2) is 15.0 Å². The van der Waals surface area contributed by atoms with Crippen molar-refractivity contribution < 1.29 is 9.15 Å². The minimum Gasteiger partial charge on any atom is -0.485 e. The molecule has 0 radical (unpaired) electrons. The van der Waals surface area contributed by atoms with Crippen LogP contribution in [0.2, 0.25) is 0 Å². The summed E-state index contributed by atoms with van der Waals surface area (Å²) in [5.41, 5.74) is 9.90. The maximum atomic E-state index is 6.79. The van der Waals surface area contributed by atoms with E-state index in [-0.39, 0.29) is 12.0 Å². The second kappa shape index (κ2) is 13.0. The molecule has 0 saturated heterocycles. The number of fused-ring (bicyclic) bond motifs is 8. The average molecular weight is 744 g/mol. The lowest BCUT2D eigenvalue weighted by atomic mass is 9.89. The smallest absolute Gasteiger partial charge is 0.164 e. The van der Waals surface area contributed by atoms with E-state index < -0.39 is 0 Å². The normalized spacial score (nSPS) is 15.8. The van der Waals surface area contributed by atoms with Crippen molar-refractivity contribution in [3.8, 4) is 50.8 Å². The van der Waals surface area contributed by atoms with Crippen LogP contribution in [0.3, 0.4) is 0 Å². The van der Waals surface area contributed by atoms with E-state index in [0.29, 0.717) is 17.5 Å². The Labute approximate surface area is 334 Å². The molecule has 0 spiro atoms. The zero-order valence-electron chi connectivity index (χ0n) is 31.2. The summed E-state index contributed by atoms with van der Waals surface area (Å²) >= 11 is 0. The molecule has 2 atom stereocenters. The molecule has 0 fully saturated rings. The number of aromatic nitrogens is 3. The molecule has 0 saturated carbocycles.